The van der Waals surface area contributed by atoms with E-state index in [9.17, 15) is 14.9 Å². The summed E-state index contributed by atoms with van der Waals surface area (Å²) in [6, 6.07) is 14.8. The van der Waals surface area contributed by atoms with Crippen molar-refractivity contribution in [2.45, 2.75) is 40.2 Å². The van der Waals surface area contributed by atoms with Crippen molar-refractivity contribution in [3.63, 3.8) is 0 Å². The molecule has 156 valence electrons. The van der Waals surface area contributed by atoms with Crippen molar-refractivity contribution < 1.29 is 14.3 Å². The molecule has 0 heterocycles. The van der Waals surface area contributed by atoms with Crippen LogP contribution in [0.2, 0.25) is 0 Å². The molecule has 0 atom stereocenters. The van der Waals surface area contributed by atoms with Crippen molar-refractivity contribution >= 4 is 17.6 Å². The standard InChI is InChI=1S/C24H27N3O3/c1-4-18-8-7-9-19(5-2)22(18)27-23(28)21(14-25)16-26-15-17-10-12-20(13-11-17)24(29)30-6-3/h7-13,16,26H,4-6,15H2,1-3H3,(H,27,28)/b21-16-. The maximum absolute atomic E-state index is 12.6. The van der Waals surface area contributed by atoms with Gasteiger partial charge in [-0.3, -0.25) is 4.79 Å². The number of para-hydroxylation sites is 1. The van der Waals surface area contributed by atoms with Crippen molar-refractivity contribution in [2.75, 3.05) is 11.9 Å². The number of rotatable bonds is 9. The summed E-state index contributed by atoms with van der Waals surface area (Å²) in [5.41, 5.74) is 4.23. The normalized spacial score (nSPS) is 10.8. The first-order valence-corrected chi connectivity index (χ1v) is 10.1. The Kier molecular flexibility index (Phi) is 8.64. The Labute approximate surface area is 177 Å². The summed E-state index contributed by atoms with van der Waals surface area (Å²) in [5.74, 6) is -0.808. The molecule has 1 amide bonds. The van der Waals surface area contributed by atoms with Crippen molar-refractivity contribution in [2.24, 2.45) is 0 Å². The SMILES string of the molecule is CCOC(=O)c1ccc(CN/C=C(/C#N)C(=O)Nc2c(CC)cccc2CC)cc1. The molecule has 6 heteroatoms. The second-order valence-electron chi connectivity index (χ2n) is 6.58. The smallest absolute Gasteiger partial charge is 0.338 e. The number of esters is 1. The van der Waals surface area contributed by atoms with Gasteiger partial charge in [-0.25, -0.2) is 4.79 Å². The van der Waals surface area contributed by atoms with Crippen LogP contribution in [0, 0.1) is 11.3 Å². The van der Waals surface area contributed by atoms with E-state index in [1.54, 1.807) is 31.2 Å². The van der Waals surface area contributed by atoms with Gasteiger partial charge >= 0.3 is 5.97 Å². The molecule has 0 aliphatic rings. The van der Waals surface area contributed by atoms with Crippen LogP contribution >= 0.6 is 0 Å². The molecule has 0 aromatic heterocycles. The van der Waals surface area contributed by atoms with Gasteiger partial charge in [-0.15, -0.1) is 0 Å². The number of amides is 1. The van der Waals surface area contributed by atoms with Crippen LogP contribution in [0.1, 0.15) is 47.8 Å². The predicted octanol–water partition coefficient (Wildman–Crippen LogP) is 4.12. The van der Waals surface area contributed by atoms with Gasteiger partial charge < -0.3 is 15.4 Å². The number of anilines is 1. The number of hydrogen-bond acceptors (Lipinski definition) is 5. The van der Waals surface area contributed by atoms with Gasteiger partial charge in [0, 0.05) is 18.4 Å². The average molecular weight is 405 g/mol. The third kappa shape index (κ3) is 5.95. The van der Waals surface area contributed by atoms with Gasteiger partial charge in [0.25, 0.3) is 5.91 Å². The third-order valence-electron chi connectivity index (χ3n) is 4.62. The van der Waals surface area contributed by atoms with E-state index in [0.29, 0.717) is 18.7 Å². The second kappa shape index (κ2) is 11.4. The van der Waals surface area contributed by atoms with E-state index < -0.39 is 5.91 Å². The van der Waals surface area contributed by atoms with Gasteiger partial charge in [0.1, 0.15) is 11.6 Å². The molecule has 0 unspecified atom stereocenters. The van der Waals surface area contributed by atoms with Gasteiger partial charge in [-0.2, -0.15) is 5.26 Å². The highest BCUT2D eigenvalue weighted by Gasteiger charge is 2.14. The van der Waals surface area contributed by atoms with Crippen LogP contribution in [0.3, 0.4) is 0 Å². The van der Waals surface area contributed by atoms with E-state index in [1.807, 2.05) is 38.1 Å². The first kappa shape index (κ1) is 22.7. The van der Waals surface area contributed by atoms with Crippen molar-refractivity contribution in [3.8, 4) is 6.07 Å². The van der Waals surface area contributed by atoms with Crippen LogP contribution in [0.15, 0.2) is 54.2 Å². The molecule has 0 bridgehead atoms. The van der Waals surface area contributed by atoms with E-state index in [0.717, 1.165) is 35.2 Å². The predicted molar refractivity (Wildman–Crippen MR) is 117 cm³/mol. The summed E-state index contributed by atoms with van der Waals surface area (Å²) < 4.78 is 4.96. The van der Waals surface area contributed by atoms with Crippen LogP contribution in [0.25, 0.3) is 0 Å². The van der Waals surface area contributed by atoms with E-state index in [4.69, 9.17) is 4.74 Å². The zero-order valence-corrected chi connectivity index (χ0v) is 17.6. The number of nitrogens with one attached hydrogen (secondary N) is 2. The number of nitrogens with zero attached hydrogens (tertiary/aromatic N) is 1. The highest BCUT2D eigenvalue weighted by atomic mass is 16.5. The summed E-state index contributed by atoms with van der Waals surface area (Å²) in [4.78, 5) is 24.3. The van der Waals surface area contributed by atoms with Gasteiger partial charge in [0.2, 0.25) is 0 Å². The Hall–Kier alpha value is -3.59. The summed E-state index contributed by atoms with van der Waals surface area (Å²) in [6.07, 6.45) is 2.99. The third-order valence-corrected chi connectivity index (χ3v) is 4.62. The molecule has 0 aliphatic carbocycles. The number of ether oxygens (including phenoxy) is 1. The molecule has 0 saturated heterocycles. The lowest BCUT2D eigenvalue weighted by atomic mass is 10.0. The average Bonchev–Trinajstić information content (AvgIpc) is 2.77. The Morgan fingerprint density at radius 2 is 1.67 bits per heavy atom. The molecule has 0 fully saturated rings. The van der Waals surface area contributed by atoms with Crippen LogP contribution in [0.5, 0.6) is 0 Å². The zero-order chi connectivity index (χ0) is 21.9. The first-order valence-electron chi connectivity index (χ1n) is 10.1. The van der Waals surface area contributed by atoms with Gasteiger partial charge in [-0.05, 0) is 48.6 Å². The van der Waals surface area contributed by atoms with Crippen molar-refractivity contribution in [1.82, 2.24) is 5.32 Å². The highest BCUT2D eigenvalue weighted by molar-refractivity contribution is 6.07. The fourth-order valence-corrected chi connectivity index (χ4v) is 2.98. The van der Waals surface area contributed by atoms with Crippen LogP contribution in [-0.2, 0) is 28.9 Å². The number of carbonyl (C=O) groups is 2. The largest absolute Gasteiger partial charge is 0.462 e. The Balaban J connectivity index is 2.04. The van der Waals surface area contributed by atoms with Crippen molar-refractivity contribution in [1.29, 1.82) is 5.26 Å². The Bertz CT molecular complexity index is 934. The molecule has 2 aromatic rings. The van der Waals surface area contributed by atoms with E-state index in [2.05, 4.69) is 10.6 Å². The first-order chi connectivity index (χ1) is 14.5. The molecule has 6 nitrogen and oxygen atoms in total. The molecule has 2 aromatic carbocycles. The number of nitriles is 1. The van der Waals surface area contributed by atoms with Gasteiger partial charge in [-0.1, -0.05) is 44.2 Å². The fourth-order valence-electron chi connectivity index (χ4n) is 2.98. The Morgan fingerprint density at radius 1 is 1.03 bits per heavy atom. The minimum Gasteiger partial charge on any atom is -0.462 e. The maximum atomic E-state index is 12.6. The lowest BCUT2D eigenvalue weighted by Crippen LogP contribution is -2.18. The summed E-state index contributed by atoms with van der Waals surface area (Å²) in [5, 5.41) is 15.3. The maximum Gasteiger partial charge on any atom is 0.338 e. The van der Waals surface area contributed by atoms with Gasteiger partial charge in [0.15, 0.2) is 0 Å². The quantitative estimate of drug-likeness (QED) is 0.372. The van der Waals surface area contributed by atoms with E-state index in [1.165, 1.54) is 6.20 Å². The topological polar surface area (TPSA) is 91.2 Å². The highest BCUT2D eigenvalue weighted by Crippen LogP contribution is 2.23. The molecular formula is C24H27N3O3. The van der Waals surface area contributed by atoms with Crippen LogP contribution < -0.4 is 10.6 Å². The monoisotopic (exact) mass is 405 g/mol. The Morgan fingerprint density at radius 3 is 2.20 bits per heavy atom. The number of aryl methyl sites for hydroxylation is 2. The lowest BCUT2D eigenvalue weighted by Gasteiger charge is -2.14. The summed E-state index contributed by atoms with van der Waals surface area (Å²) >= 11 is 0. The molecule has 0 radical (unpaired) electrons. The molecule has 0 spiro atoms. The molecule has 0 saturated carbocycles. The number of benzene rings is 2. The summed E-state index contributed by atoms with van der Waals surface area (Å²) in [6.45, 7) is 6.55. The number of hydrogen-bond donors (Lipinski definition) is 2. The van der Waals surface area contributed by atoms with Crippen LogP contribution in [0.4, 0.5) is 5.69 Å². The van der Waals surface area contributed by atoms with E-state index >= 15 is 0 Å². The lowest BCUT2D eigenvalue weighted by molar-refractivity contribution is -0.112. The minimum absolute atomic E-state index is 0.00824. The number of carbonyl (C=O) groups excluding carboxylic acids is 2. The molecule has 2 N–H and O–H groups in total. The van der Waals surface area contributed by atoms with Crippen LogP contribution in [-0.4, -0.2) is 18.5 Å². The molecule has 30 heavy (non-hydrogen) atoms. The minimum atomic E-state index is -0.446. The molecule has 0 aliphatic heterocycles. The molecular weight excluding hydrogens is 378 g/mol. The zero-order valence-electron chi connectivity index (χ0n) is 17.6. The van der Waals surface area contributed by atoms with E-state index in [-0.39, 0.29) is 11.5 Å². The fraction of sp³-hybridized carbons (Fsp3) is 0.292. The van der Waals surface area contributed by atoms with Crippen molar-refractivity contribution in [3.05, 3.63) is 76.5 Å². The van der Waals surface area contributed by atoms with Gasteiger partial charge in [0.05, 0.1) is 12.2 Å². The molecule has 2 rings (SSSR count). The summed E-state index contributed by atoms with van der Waals surface area (Å²) in [7, 11) is 0. The second-order valence-corrected chi connectivity index (χ2v) is 6.58.